The Labute approximate surface area is 165 Å². The molecule has 1 aromatic heterocycles. The molecule has 1 aliphatic heterocycles. The van der Waals surface area contributed by atoms with Crippen molar-refractivity contribution in [2.45, 2.75) is 63.7 Å². The second kappa shape index (κ2) is 8.84. The average Bonchev–Trinajstić information content (AvgIpc) is 3.40. The summed E-state index contributed by atoms with van der Waals surface area (Å²) >= 11 is 0. The van der Waals surface area contributed by atoms with E-state index in [2.05, 4.69) is 10.2 Å². The summed E-state index contributed by atoms with van der Waals surface area (Å²) in [6, 6.07) is 6.32. The number of aromatic nitrogens is 2. The smallest absolute Gasteiger partial charge is 0.222 e. The molecule has 1 aliphatic carbocycles. The second-order valence-electron chi connectivity index (χ2n) is 8.21. The Balaban J connectivity index is 1.32. The third-order valence-corrected chi connectivity index (χ3v) is 6.12. The first-order chi connectivity index (χ1) is 13.7. The van der Waals surface area contributed by atoms with Gasteiger partial charge in [-0.05, 0) is 42.9 Å². The maximum Gasteiger partial charge on any atom is 0.222 e. The van der Waals surface area contributed by atoms with Crippen LogP contribution in [0.3, 0.4) is 0 Å². The van der Waals surface area contributed by atoms with Crippen molar-refractivity contribution in [2.24, 2.45) is 5.92 Å². The highest BCUT2D eigenvalue weighted by Crippen LogP contribution is 2.30. The fraction of sp³-hybridized carbons (Fsp3) is 0.591. The zero-order valence-electron chi connectivity index (χ0n) is 16.3. The summed E-state index contributed by atoms with van der Waals surface area (Å²) in [7, 11) is 0. The maximum atomic E-state index is 13.0. The minimum absolute atomic E-state index is 0.110. The molecule has 1 unspecified atom stereocenters. The van der Waals surface area contributed by atoms with E-state index in [9.17, 15) is 9.18 Å². The molecule has 1 saturated carbocycles. The molecule has 0 radical (unpaired) electrons. The summed E-state index contributed by atoms with van der Waals surface area (Å²) in [5.41, 5.74) is 0.934. The number of hydrogen-bond donors (Lipinski definition) is 0. The first kappa shape index (κ1) is 19.1. The molecule has 1 amide bonds. The highest BCUT2D eigenvalue weighted by atomic mass is 19.1. The van der Waals surface area contributed by atoms with Crippen LogP contribution in [-0.4, -0.2) is 34.1 Å². The number of benzene rings is 1. The standard InChI is InChI=1S/C22H28FN3O2/c23-19-10-7-17(8-11-19)14-20-24-25-22(28-20)18-6-3-13-26(15-18)21(27)12-9-16-4-1-2-5-16/h7-8,10-11,16,18H,1-6,9,12-15H2. The lowest BCUT2D eigenvalue weighted by Gasteiger charge is -2.31. The molecule has 4 rings (SSSR count). The van der Waals surface area contributed by atoms with Gasteiger partial charge in [0.25, 0.3) is 0 Å². The zero-order valence-corrected chi connectivity index (χ0v) is 16.3. The maximum absolute atomic E-state index is 13.0. The summed E-state index contributed by atoms with van der Waals surface area (Å²) in [6.07, 6.45) is 9.33. The Kier molecular flexibility index (Phi) is 6.03. The Hall–Kier alpha value is -2.24. The van der Waals surface area contributed by atoms with Crippen LogP contribution in [0.5, 0.6) is 0 Å². The molecule has 0 bridgehead atoms. The molecular formula is C22H28FN3O2. The highest BCUT2D eigenvalue weighted by Gasteiger charge is 2.28. The van der Waals surface area contributed by atoms with Crippen LogP contribution in [0.2, 0.25) is 0 Å². The molecule has 2 aliphatic rings. The number of hydrogen-bond acceptors (Lipinski definition) is 4. The molecule has 0 spiro atoms. The van der Waals surface area contributed by atoms with E-state index in [1.165, 1.54) is 37.8 Å². The lowest BCUT2D eigenvalue weighted by Crippen LogP contribution is -2.39. The number of carbonyl (C=O) groups is 1. The normalized spacial score (nSPS) is 20.6. The van der Waals surface area contributed by atoms with Gasteiger partial charge in [0.15, 0.2) is 0 Å². The molecule has 2 fully saturated rings. The second-order valence-corrected chi connectivity index (χ2v) is 8.21. The van der Waals surface area contributed by atoms with Crippen molar-refractivity contribution >= 4 is 5.91 Å². The molecule has 28 heavy (non-hydrogen) atoms. The minimum atomic E-state index is -0.255. The quantitative estimate of drug-likeness (QED) is 0.736. The van der Waals surface area contributed by atoms with Gasteiger partial charge in [-0.25, -0.2) is 4.39 Å². The number of amides is 1. The molecule has 2 heterocycles. The van der Waals surface area contributed by atoms with Crippen molar-refractivity contribution in [2.75, 3.05) is 13.1 Å². The van der Waals surface area contributed by atoms with Crippen LogP contribution in [0, 0.1) is 11.7 Å². The van der Waals surface area contributed by atoms with Gasteiger partial charge in [-0.3, -0.25) is 4.79 Å². The van der Waals surface area contributed by atoms with Crippen LogP contribution in [0.4, 0.5) is 4.39 Å². The predicted molar refractivity (Wildman–Crippen MR) is 103 cm³/mol. The fourth-order valence-corrected chi connectivity index (χ4v) is 4.47. The lowest BCUT2D eigenvalue weighted by atomic mass is 9.96. The van der Waals surface area contributed by atoms with E-state index in [1.807, 2.05) is 4.90 Å². The first-order valence-electron chi connectivity index (χ1n) is 10.5. The monoisotopic (exact) mass is 385 g/mol. The molecule has 1 atom stereocenters. The van der Waals surface area contributed by atoms with E-state index < -0.39 is 0 Å². The number of carbonyl (C=O) groups excluding carboxylic acids is 1. The van der Waals surface area contributed by atoms with Gasteiger partial charge in [-0.15, -0.1) is 10.2 Å². The molecule has 2 aromatic rings. The third-order valence-electron chi connectivity index (χ3n) is 6.12. The summed E-state index contributed by atoms with van der Waals surface area (Å²) in [6.45, 7) is 1.50. The molecule has 150 valence electrons. The van der Waals surface area contributed by atoms with Crippen LogP contribution < -0.4 is 0 Å². The van der Waals surface area contributed by atoms with Gasteiger partial charge in [0.2, 0.25) is 17.7 Å². The molecule has 1 aromatic carbocycles. The summed E-state index contributed by atoms with van der Waals surface area (Å²) in [4.78, 5) is 14.6. The number of rotatable bonds is 6. The Morgan fingerprint density at radius 3 is 2.68 bits per heavy atom. The van der Waals surface area contributed by atoms with E-state index >= 15 is 0 Å². The van der Waals surface area contributed by atoms with Crippen molar-refractivity contribution in [1.82, 2.24) is 15.1 Å². The van der Waals surface area contributed by atoms with Gasteiger partial charge in [-0.2, -0.15) is 0 Å². The number of piperidine rings is 1. The third kappa shape index (κ3) is 4.78. The van der Waals surface area contributed by atoms with Crippen molar-refractivity contribution in [3.63, 3.8) is 0 Å². The minimum Gasteiger partial charge on any atom is -0.425 e. The Morgan fingerprint density at radius 1 is 1.11 bits per heavy atom. The van der Waals surface area contributed by atoms with E-state index in [1.54, 1.807) is 12.1 Å². The number of halogens is 1. The summed E-state index contributed by atoms with van der Waals surface area (Å²) < 4.78 is 18.9. The predicted octanol–water partition coefficient (Wildman–Crippen LogP) is 4.48. The van der Waals surface area contributed by atoms with E-state index in [-0.39, 0.29) is 17.6 Å². The van der Waals surface area contributed by atoms with Gasteiger partial charge in [0.1, 0.15) is 5.82 Å². The SMILES string of the molecule is O=C(CCC1CCCC1)N1CCCC(c2nnc(Cc3ccc(F)cc3)o2)C1. The molecule has 5 nitrogen and oxygen atoms in total. The van der Waals surface area contributed by atoms with Gasteiger partial charge >= 0.3 is 0 Å². The van der Waals surface area contributed by atoms with Gasteiger partial charge < -0.3 is 9.32 Å². The van der Waals surface area contributed by atoms with Gasteiger partial charge in [-0.1, -0.05) is 37.8 Å². The van der Waals surface area contributed by atoms with Crippen LogP contribution in [0.1, 0.15) is 74.6 Å². The van der Waals surface area contributed by atoms with Crippen LogP contribution in [0.25, 0.3) is 0 Å². The fourth-order valence-electron chi connectivity index (χ4n) is 4.47. The van der Waals surface area contributed by atoms with E-state index in [4.69, 9.17) is 4.42 Å². The zero-order chi connectivity index (χ0) is 19.3. The Morgan fingerprint density at radius 2 is 1.89 bits per heavy atom. The molecule has 0 N–H and O–H groups in total. The van der Waals surface area contributed by atoms with Crippen molar-refractivity contribution in [1.29, 1.82) is 0 Å². The van der Waals surface area contributed by atoms with E-state index in [0.29, 0.717) is 31.2 Å². The summed E-state index contributed by atoms with van der Waals surface area (Å²) in [5.74, 6) is 2.02. The van der Waals surface area contributed by atoms with Crippen molar-refractivity contribution < 1.29 is 13.6 Å². The van der Waals surface area contributed by atoms with Gasteiger partial charge in [0.05, 0.1) is 12.3 Å². The van der Waals surface area contributed by atoms with Crippen LogP contribution in [-0.2, 0) is 11.2 Å². The van der Waals surface area contributed by atoms with Crippen LogP contribution >= 0.6 is 0 Å². The first-order valence-corrected chi connectivity index (χ1v) is 10.5. The number of likely N-dealkylation sites (tertiary alicyclic amines) is 1. The number of nitrogens with zero attached hydrogens (tertiary/aromatic N) is 3. The van der Waals surface area contributed by atoms with Crippen molar-refractivity contribution in [3.8, 4) is 0 Å². The Bertz CT molecular complexity index is 783. The highest BCUT2D eigenvalue weighted by molar-refractivity contribution is 5.76. The summed E-state index contributed by atoms with van der Waals surface area (Å²) in [5, 5.41) is 8.38. The molecule has 6 heteroatoms. The van der Waals surface area contributed by atoms with Crippen LogP contribution in [0.15, 0.2) is 28.7 Å². The van der Waals surface area contributed by atoms with E-state index in [0.717, 1.165) is 37.3 Å². The van der Waals surface area contributed by atoms with Gasteiger partial charge in [0, 0.05) is 19.5 Å². The largest absolute Gasteiger partial charge is 0.425 e. The average molecular weight is 385 g/mol. The molecule has 1 saturated heterocycles. The lowest BCUT2D eigenvalue weighted by molar-refractivity contribution is -0.132. The van der Waals surface area contributed by atoms with Crippen molar-refractivity contribution in [3.05, 3.63) is 47.4 Å². The molecular weight excluding hydrogens is 357 g/mol. The topological polar surface area (TPSA) is 59.2 Å².